The first-order valence-electron chi connectivity index (χ1n) is 6.16. The molecule has 110 valence electrons. The summed E-state index contributed by atoms with van der Waals surface area (Å²) in [4.78, 5) is 11.4. The van der Waals surface area contributed by atoms with Gasteiger partial charge in [-0.3, -0.25) is 10.1 Å². The maximum Gasteiger partial charge on any atom is 0.325 e. The van der Waals surface area contributed by atoms with Crippen LogP contribution in [0.2, 0.25) is 10.0 Å². The molecule has 0 saturated carbocycles. The number of aromatic hydroxyl groups is 1. The van der Waals surface area contributed by atoms with E-state index in [1.54, 1.807) is 30.3 Å². The highest BCUT2D eigenvalue weighted by atomic mass is 35.5. The van der Waals surface area contributed by atoms with Crippen LogP contribution in [0.1, 0.15) is 17.2 Å². The second-order valence-electron chi connectivity index (χ2n) is 4.52. The van der Waals surface area contributed by atoms with E-state index in [4.69, 9.17) is 23.2 Å². The first kappa shape index (κ1) is 15.6. The molecule has 0 aromatic heterocycles. The molecule has 0 amide bonds. The van der Waals surface area contributed by atoms with E-state index in [0.29, 0.717) is 15.6 Å². The van der Waals surface area contributed by atoms with E-state index in [-0.39, 0.29) is 12.3 Å². The molecule has 2 rings (SSSR count). The maximum absolute atomic E-state index is 11.4. The van der Waals surface area contributed by atoms with Crippen LogP contribution in [0, 0.1) is 0 Å². The van der Waals surface area contributed by atoms with Crippen molar-refractivity contribution in [1.29, 1.82) is 0 Å². The van der Waals surface area contributed by atoms with Crippen molar-refractivity contribution >= 4 is 29.2 Å². The predicted molar refractivity (Wildman–Crippen MR) is 81.8 cm³/mol. The number of nitrogens with one attached hydrogen (secondary N) is 1. The minimum atomic E-state index is -1.03. The average molecular weight is 326 g/mol. The number of carboxylic acid groups (broad SMARTS) is 1. The molecule has 0 saturated heterocycles. The third-order valence-corrected chi connectivity index (χ3v) is 3.32. The number of carbonyl (C=O) groups is 1. The Bertz CT molecular complexity index is 641. The molecule has 2 aromatic carbocycles. The van der Waals surface area contributed by atoms with E-state index < -0.39 is 12.0 Å². The summed E-state index contributed by atoms with van der Waals surface area (Å²) < 4.78 is 0. The molecule has 21 heavy (non-hydrogen) atoms. The minimum Gasteiger partial charge on any atom is -0.508 e. The molecule has 0 aliphatic rings. The number of carboxylic acids is 1. The molecule has 1 unspecified atom stereocenters. The molecule has 1 atom stereocenters. The number of halogens is 2. The van der Waals surface area contributed by atoms with Gasteiger partial charge in [0.2, 0.25) is 0 Å². The van der Waals surface area contributed by atoms with Crippen molar-refractivity contribution in [3.63, 3.8) is 0 Å². The van der Waals surface area contributed by atoms with E-state index in [9.17, 15) is 15.0 Å². The van der Waals surface area contributed by atoms with Crippen molar-refractivity contribution < 1.29 is 15.0 Å². The standard InChI is InChI=1S/C15H13Cl2NO3/c16-11-4-9(5-12(17)7-11)8-18-14(15(20)21)10-2-1-3-13(19)6-10/h1-7,14,18-19H,8H2,(H,20,21). The van der Waals surface area contributed by atoms with Gasteiger partial charge in [0.05, 0.1) is 0 Å². The lowest BCUT2D eigenvalue weighted by molar-refractivity contribution is -0.139. The first-order valence-corrected chi connectivity index (χ1v) is 6.91. The van der Waals surface area contributed by atoms with Crippen LogP contribution in [0.15, 0.2) is 42.5 Å². The Morgan fingerprint density at radius 1 is 1.14 bits per heavy atom. The van der Waals surface area contributed by atoms with Crippen LogP contribution in [0.25, 0.3) is 0 Å². The lowest BCUT2D eigenvalue weighted by Gasteiger charge is -2.15. The topological polar surface area (TPSA) is 69.6 Å². The summed E-state index contributed by atoms with van der Waals surface area (Å²) >= 11 is 11.8. The fraction of sp³-hybridized carbons (Fsp3) is 0.133. The quantitative estimate of drug-likeness (QED) is 0.785. The number of phenolic OH excluding ortho intramolecular Hbond substituents is 1. The zero-order valence-corrected chi connectivity index (χ0v) is 12.4. The lowest BCUT2D eigenvalue weighted by atomic mass is 10.1. The van der Waals surface area contributed by atoms with Crippen LogP contribution in [0.3, 0.4) is 0 Å². The molecule has 0 fully saturated rings. The van der Waals surface area contributed by atoms with Crippen molar-refractivity contribution in [2.75, 3.05) is 0 Å². The summed E-state index contributed by atoms with van der Waals surface area (Å²) in [6, 6.07) is 10.2. The van der Waals surface area contributed by atoms with E-state index in [2.05, 4.69) is 5.32 Å². The predicted octanol–water partition coefficient (Wildman–Crippen LogP) is 3.61. The average Bonchev–Trinajstić information content (AvgIpc) is 2.37. The van der Waals surface area contributed by atoms with Crippen molar-refractivity contribution in [2.45, 2.75) is 12.6 Å². The van der Waals surface area contributed by atoms with Gasteiger partial charge in [0, 0.05) is 16.6 Å². The number of aliphatic carboxylic acids is 1. The van der Waals surface area contributed by atoms with Crippen LogP contribution < -0.4 is 5.32 Å². The summed E-state index contributed by atoms with van der Waals surface area (Å²) in [5.74, 6) is -1.01. The summed E-state index contributed by atoms with van der Waals surface area (Å²) in [5.41, 5.74) is 1.24. The second kappa shape index (κ2) is 6.80. The molecular formula is C15H13Cl2NO3. The van der Waals surface area contributed by atoms with Gasteiger partial charge in [0.25, 0.3) is 0 Å². The third-order valence-electron chi connectivity index (χ3n) is 2.88. The number of rotatable bonds is 5. The number of hydrogen-bond donors (Lipinski definition) is 3. The fourth-order valence-corrected chi connectivity index (χ4v) is 2.56. The smallest absolute Gasteiger partial charge is 0.325 e. The van der Waals surface area contributed by atoms with Crippen LogP contribution in [0.4, 0.5) is 0 Å². The SMILES string of the molecule is O=C(O)C(NCc1cc(Cl)cc(Cl)c1)c1cccc(O)c1. The highest BCUT2D eigenvalue weighted by molar-refractivity contribution is 6.34. The van der Waals surface area contributed by atoms with E-state index >= 15 is 0 Å². The number of hydrogen-bond acceptors (Lipinski definition) is 3. The molecular weight excluding hydrogens is 313 g/mol. The normalized spacial score (nSPS) is 12.1. The molecule has 0 aliphatic heterocycles. The summed E-state index contributed by atoms with van der Waals surface area (Å²) in [6.07, 6.45) is 0. The Balaban J connectivity index is 2.16. The second-order valence-corrected chi connectivity index (χ2v) is 5.40. The number of phenols is 1. The van der Waals surface area contributed by atoms with Gasteiger partial charge in [-0.15, -0.1) is 0 Å². The van der Waals surface area contributed by atoms with Crippen molar-refractivity contribution in [1.82, 2.24) is 5.32 Å². The molecule has 6 heteroatoms. The molecule has 0 spiro atoms. The highest BCUT2D eigenvalue weighted by Gasteiger charge is 2.19. The molecule has 0 radical (unpaired) electrons. The third kappa shape index (κ3) is 4.36. The molecule has 3 N–H and O–H groups in total. The van der Waals surface area contributed by atoms with E-state index in [1.165, 1.54) is 12.1 Å². The first-order chi connectivity index (χ1) is 9.95. The Kier molecular flexibility index (Phi) is 5.07. The van der Waals surface area contributed by atoms with Crippen LogP contribution in [-0.4, -0.2) is 16.2 Å². The molecule has 0 bridgehead atoms. The van der Waals surface area contributed by atoms with Gasteiger partial charge in [-0.1, -0.05) is 35.3 Å². The summed E-state index contributed by atoms with van der Waals surface area (Å²) in [6.45, 7) is 0.285. The minimum absolute atomic E-state index is 0.0198. The Morgan fingerprint density at radius 2 is 1.81 bits per heavy atom. The largest absolute Gasteiger partial charge is 0.508 e. The van der Waals surface area contributed by atoms with Crippen molar-refractivity contribution in [3.8, 4) is 5.75 Å². The van der Waals surface area contributed by atoms with Gasteiger partial charge in [0.1, 0.15) is 11.8 Å². The van der Waals surface area contributed by atoms with E-state index in [1.807, 2.05) is 0 Å². The van der Waals surface area contributed by atoms with Crippen LogP contribution >= 0.6 is 23.2 Å². The zero-order valence-electron chi connectivity index (χ0n) is 10.9. The highest BCUT2D eigenvalue weighted by Crippen LogP contribution is 2.21. The number of benzene rings is 2. The van der Waals surface area contributed by atoms with Crippen molar-refractivity contribution in [3.05, 3.63) is 63.6 Å². The summed E-state index contributed by atoms with van der Waals surface area (Å²) in [7, 11) is 0. The van der Waals surface area contributed by atoms with Gasteiger partial charge in [-0.05, 0) is 41.5 Å². The fourth-order valence-electron chi connectivity index (χ4n) is 1.99. The molecule has 0 aliphatic carbocycles. The molecule has 2 aromatic rings. The molecule has 0 heterocycles. The zero-order chi connectivity index (χ0) is 15.4. The van der Waals surface area contributed by atoms with Crippen LogP contribution in [0.5, 0.6) is 5.75 Å². The van der Waals surface area contributed by atoms with Gasteiger partial charge in [0.15, 0.2) is 0 Å². The van der Waals surface area contributed by atoms with Crippen LogP contribution in [-0.2, 0) is 11.3 Å². The van der Waals surface area contributed by atoms with Crippen molar-refractivity contribution in [2.24, 2.45) is 0 Å². The van der Waals surface area contributed by atoms with Gasteiger partial charge < -0.3 is 10.2 Å². The lowest BCUT2D eigenvalue weighted by Crippen LogP contribution is -2.28. The Morgan fingerprint density at radius 3 is 2.38 bits per heavy atom. The maximum atomic E-state index is 11.4. The van der Waals surface area contributed by atoms with Gasteiger partial charge in [-0.25, -0.2) is 0 Å². The Labute approximate surface area is 131 Å². The van der Waals surface area contributed by atoms with Gasteiger partial charge in [-0.2, -0.15) is 0 Å². The Hall–Kier alpha value is -1.75. The summed E-state index contributed by atoms with van der Waals surface area (Å²) in [5, 5.41) is 22.6. The molecule has 4 nitrogen and oxygen atoms in total. The van der Waals surface area contributed by atoms with Gasteiger partial charge >= 0.3 is 5.97 Å². The monoisotopic (exact) mass is 325 g/mol. The van der Waals surface area contributed by atoms with E-state index in [0.717, 1.165) is 5.56 Å².